The summed E-state index contributed by atoms with van der Waals surface area (Å²) in [5.41, 5.74) is 6.92. The third-order valence-electron chi connectivity index (χ3n) is 3.68. The fourth-order valence-corrected chi connectivity index (χ4v) is 3.06. The Morgan fingerprint density at radius 2 is 2.05 bits per heavy atom. The van der Waals surface area contributed by atoms with Gasteiger partial charge < -0.3 is 16.2 Å². The normalized spacial score (nSPS) is 16.3. The Morgan fingerprint density at radius 1 is 1.37 bits per heavy atom. The highest BCUT2D eigenvalue weighted by Gasteiger charge is 2.15. The smallest absolute Gasteiger partial charge is 0.337 e. The van der Waals surface area contributed by atoms with Gasteiger partial charge in [0.15, 0.2) is 0 Å². The van der Waals surface area contributed by atoms with Gasteiger partial charge in [-0.3, -0.25) is 0 Å². The van der Waals surface area contributed by atoms with Crippen LogP contribution in [0.15, 0.2) is 16.6 Å². The van der Waals surface area contributed by atoms with Crippen molar-refractivity contribution in [2.45, 2.75) is 32.1 Å². The van der Waals surface area contributed by atoms with E-state index >= 15 is 0 Å². The lowest BCUT2D eigenvalue weighted by Crippen LogP contribution is -2.17. The molecule has 0 spiro atoms. The lowest BCUT2D eigenvalue weighted by Gasteiger charge is -2.22. The van der Waals surface area contributed by atoms with Gasteiger partial charge in [0, 0.05) is 22.4 Å². The predicted molar refractivity (Wildman–Crippen MR) is 80.6 cm³/mol. The van der Waals surface area contributed by atoms with Crippen LogP contribution in [0.25, 0.3) is 0 Å². The van der Waals surface area contributed by atoms with Gasteiger partial charge in [0.05, 0.1) is 5.56 Å². The molecular weight excluding hydrogens is 308 g/mol. The van der Waals surface area contributed by atoms with Crippen LogP contribution < -0.4 is 11.1 Å². The van der Waals surface area contributed by atoms with Gasteiger partial charge in [-0.05, 0) is 46.8 Å². The van der Waals surface area contributed by atoms with Crippen LogP contribution in [0.4, 0.5) is 11.4 Å². The van der Waals surface area contributed by atoms with Crippen molar-refractivity contribution < 1.29 is 9.90 Å². The molecule has 0 radical (unpaired) electrons. The molecule has 0 aromatic heterocycles. The summed E-state index contributed by atoms with van der Waals surface area (Å²) in [6.07, 6.45) is 6.45. The maximum atomic E-state index is 11.1. The minimum atomic E-state index is -0.995. The molecule has 4 nitrogen and oxygen atoms in total. The summed E-state index contributed by atoms with van der Waals surface area (Å²) < 4.78 is 0.811. The van der Waals surface area contributed by atoms with E-state index in [1.54, 1.807) is 12.1 Å². The minimum absolute atomic E-state index is 0.148. The van der Waals surface area contributed by atoms with Crippen LogP contribution in [0.2, 0.25) is 0 Å². The number of nitrogens with one attached hydrogen (secondary N) is 1. The molecule has 0 heterocycles. The van der Waals surface area contributed by atoms with E-state index < -0.39 is 5.97 Å². The van der Waals surface area contributed by atoms with Crippen molar-refractivity contribution in [3.05, 3.63) is 22.2 Å². The Morgan fingerprint density at radius 3 is 2.68 bits per heavy atom. The van der Waals surface area contributed by atoms with Crippen LogP contribution in [0.3, 0.4) is 0 Å². The summed E-state index contributed by atoms with van der Waals surface area (Å²) in [6.45, 7) is 0.890. The molecule has 2 rings (SSSR count). The number of rotatable bonds is 4. The van der Waals surface area contributed by atoms with Gasteiger partial charge >= 0.3 is 5.97 Å². The largest absolute Gasteiger partial charge is 0.478 e. The van der Waals surface area contributed by atoms with Crippen molar-refractivity contribution in [2.24, 2.45) is 5.92 Å². The molecule has 1 aliphatic rings. The molecule has 104 valence electrons. The molecule has 4 N–H and O–H groups in total. The lowest BCUT2D eigenvalue weighted by molar-refractivity contribution is 0.0698. The van der Waals surface area contributed by atoms with E-state index in [1.165, 1.54) is 32.1 Å². The van der Waals surface area contributed by atoms with E-state index in [9.17, 15) is 4.79 Å². The Hall–Kier alpha value is -1.23. The zero-order chi connectivity index (χ0) is 13.8. The molecule has 0 atom stereocenters. The summed E-state index contributed by atoms with van der Waals surface area (Å²) in [4.78, 5) is 11.1. The quantitative estimate of drug-likeness (QED) is 0.737. The molecule has 1 aliphatic carbocycles. The van der Waals surface area contributed by atoms with E-state index in [4.69, 9.17) is 10.8 Å². The number of hydrogen-bond acceptors (Lipinski definition) is 3. The third-order valence-corrected chi connectivity index (χ3v) is 4.33. The number of carboxylic acids is 1. The Labute approximate surface area is 121 Å². The summed E-state index contributed by atoms with van der Waals surface area (Å²) in [7, 11) is 0. The van der Waals surface area contributed by atoms with Crippen LogP contribution >= 0.6 is 15.9 Å². The monoisotopic (exact) mass is 326 g/mol. The molecule has 1 fully saturated rings. The van der Waals surface area contributed by atoms with E-state index in [0.29, 0.717) is 5.92 Å². The van der Waals surface area contributed by atoms with Gasteiger partial charge in [0.1, 0.15) is 0 Å². The number of hydrogen-bond donors (Lipinski definition) is 3. The van der Waals surface area contributed by atoms with Gasteiger partial charge in [-0.1, -0.05) is 19.3 Å². The molecule has 19 heavy (non-hydrogen) atoms. The van der Waals surface area contributed by atoms with Crippen molar-refractivity contribution in [1.29, 1.82) is 0 Å². The SMILES string of the molecule is Nc1cc(Br)c(NCC2CCCCC2)cc1C(=O)O. The summed E-state index contributed by atoms with van der Waals surface area (Å²) in [5, 5.41) is 12.4. The number of carbonyl (C=O) groups is 1. The molecular formula is C14H19BrN2O2. The highest BCUT2D eigenvalue weighted by atomic mass is 79.9. The van der Waals surface area contributed by atoms with Gasteiger partial charge in [0.25, 0.3) is 0 Å². The van der Waals surface area contributed by atoms with Crippen molar-refractivity contribution in [2.75, 3.05) is 17.6 Å². The molecule has 0 unspecified atom stereocenters. The molecule has 1 aromatic rings. The fourth-order valence-electron chi connectivity index (χ4n) is 2.55. The third kappa shape index (κ3) is 3.62. The number of nitrogens with two attached hydrogens (primary N) is 1. The van der Waals surface area contributed by atoms with Gasteiger partial charge in [-0.25, -0.2) is 4.79 Å². The number of carboxylic acid groups (broad SMARTS) is 1. The van der Waals surface area contributed by atoms with E-state index in [-0.39, 0.29) is 11.3 Å². The summed E-state index contributed by atoms with van der Waals surface area (Å²) >= 11 is 3.42. The van der Waals surface area contributed by atoms with E-state index in [1.807, 2.05) is 0 Å². The molecule has 0 aliphatic heterocycles. The first kappa shape index (κ1) is 14.2. The first-order valence-corrected chi connectivity index (χ1v) is 7.43. The summed E-state index contributed by atoms with van der Waals surface area (Å²) in [6, 6.07) is 3.25. The van der Waals surface area contributed by atoms with Crippen LogP contribution in [0, 0.1) is 5.92 Å². The molecule has 5 heteroatoms. The molecule has 1 saturated carbocycles. The van der Waals surface area contributed by atoms with E-state index in [0.717, 1.165) is 16.7 Å². The van der Waals surface area contributed by atoms with Crippen molar-refractivity contribution >= 4 is 33.3 Å². The second-order valence-corrected chi connectivity index (χ2v) is 5.96. The van der Waals surface area contributed by atoms with Gasteiger partial charge in [0.2, 0.25) is 0 Å². The van der Waals surface area contributed by atoms with Gasteiger partial charge in [-0.15, -0.1) is 0 Å². The first-order valence-electron chi connectivity index (χ1n) is 6.64. The van der Waals surface area contributed by atoms with Crippen molar-refractivity contribution in [3.8, 4) is 0 Å². The van der Waals surface area contributed by atoms with Crippen molar-refractivity contribution in [1.82, 2.24) is 0 Å². The van der Waals surface area contributed by atoms with Crippen molar-refractivity contribution in [3.63, 3.8) is 0 Å². The zero-order valence-corrected chi connectivity index (χ0v) is 12.4. The molecule has 1 aromatic carbocycles. The number of aromatic carboxylic acids is 1. The molecule has 0 amide bonds. The Balaban J connectivity index is 2.06. The number of benzene rings is 1. The van der Waals surface area contributed by atoms with E-state index in [2.05, 4.69) is 21.2 Å². The van der Waals surface area contributed by atoms with Crippen LogP contribution in [-0.4, -0.2) is 17.6 Å². The molecule has 0 saturated heterocycles. The highest BCUT2D eigenvalue weighted by Crippen LogP contribution is 2.30. The lowest BCUT2D eigenvalue weighted by atomic mass is 9.89. The topological polar surface area (TPSA) is 75.3 Å². The van der Waals surface area contributed by atoms with Crippen LogP contribution in [0.5, 0.6) is 0 Å². The predicted octanol–water partition coefficient (Wildman–Crippen LogP) is 3.72. The minimum Gasteiger partial charge on any atom is -0.478 e. The van der Waals surface area contributed by atoms with Crippen LogP contribution in [0.1, 0.15) is 42.5 Å². The average molecular weight is 327 g/mol. The highest BCUT2D eigenvalue weighted by molar-refractivity contribution is 9.10. The number of halogens is 1. The standard InChI is InChI=1S/C14H19BrN2O2/c15-11-7-12(16)10(14(18)19)6-13(11)17-8-9-4-2-1-3-5-9/h6-7,9,17H,1-5,8,16H2,(H,18,19). The maximum Gasteiger partial charge on any atom is 0.337 e. The number of nitrogen functional groups attached to an aromatic ring is 1. The fraction of sp³-hybridized carbons (Fsp3) is 0.500. The first-order chi connectivity index (χ1) is 9.08. The maximum absolute atomic E-state index is 11.1. The molecule has 0 bridgehead atoms. The number of anilines is 2. The Bertz CT molecular complexity index is 471. The Kier molecular flexibility index (Phi) is 4.69. The second kappa shape index (κ2) is 6.28. The second-order valence-electron chi connectivity index (χ2n) is 5.11. The van der Waals surface area contributed by atoms with Gasteiger partial charge in [-0.2, -0.15) is 0 Å². The average Bonchev–Trinajstić information content (AvgIpc) is 2.38. The zero-order valence-electron chi connectivity index (χ0n) is 10.8. The summed E-state index contributed by atoms with van der Waals surface area (Å²) in [5.74, 6) is -0.308. The van der Waals surface area contributed by atoms with Crippen LogP contribution in [-0.2, 0) is 0 Å².